The van der Waals surface area contributed by atoms with E-state index >= 15 is 0 Å². The molecule has 0 saturated carbocycles. The molecule has 0 saturated heterocycles. The fourth-order valence-corrected chi connectivity index (χ4v) is 3.36. The highest BCUT2D eigenvalue weighted by molar-refractivity contribution is 9.10. The first-order valence-corrected chi connectivity index (χ1v) is 8.35. The molecule has 2 N–H and O–H groups in total. The normalized spacial score (nSPS) is 16.3. The second-order valence-electron chi connectivity index (χ2n) is 5.47. The Morgan fingerprint density at radius 3 is 2.79 bits per heavy atom. The fraction of sp³-hybridized carbons (Fsp3) is 0.222. The van der Waals surface area contributed by atoms with Gasteiger partial charge >= 0.3 is 5.63 Å². The third kappa shape index (κ3) is 2.72. The molecule has 6 heteroatoms. The quantitative estimate of drug-likeness (QED) is 0.870. The van der Waals surface area contributed by atoms with Crippen LogP contribution < -0.4 is 16.1 Å². The summed E-state index contributed by atoms with van der Waals surface area (Å²) in [4.78, 5) is 12.6. The number of fused-ring (bicyclic) bond motifs is 1. The van der Waals surface area contributed by atoms with Crippen LogP contribution in [0.4, 0.5) is 0 Å². The Morgan fingerprint density at radius 1 is 1.38 bits per heavy atom. The van der Waals surface area contributed by atoms with Crippen molar-refractivity contribution in [2.24, 2.45) is 5.73 Å². The number of nitriles is 1. The van der Waals surface area contributed by atoms with Gasteiger partial charge in [-0.05, 0) is 18.1 Å². The lowest BCUT2D eigenvalue weighted by atomic mass is 9.84. The van der Waals surface area contributed by atoms with Gasteiger partial charge in [-0.2, -0.15) is 5.26 Å². The summed E-state index contributed by atoms with van der Waals surface area (Å²) in [5.74, 6) is 0.285. The molecule has 2 heterocycles. The third-order valence-electron chi connectivity index (χ3n) is 3.90. The molecular weight excluding hydrogens is 372 g/mol. The van der Waals surface area contributed by atoms with Crippen molar-refractivity contribution in [2.75, 3.05) is 0 Å². The maximum atomic E-state index is 12.6. The number of rotatable bonds is 3. The zero-order valence-electron chi connectivity index (χ0n) is 13.0. The van der Waals surface area contributed by atoms with E-state index in [4.69, 9.17) is 14.9 Å². The van der Waals surface area contributed by atoms with Crippen LogP contribution >= 0.6 is 15.9 Å². The van der Waals surface area contributed by atoms with Gasteiger partial charge in [-0.1, -0.05) is 41.1 Å². The van der Waals surface area contributed by atoms with Crippen LogP contribution in [-0.4, -0.2) is 0 Å². The number of halogens is 1. The number of nitrogens with two attached hydrogens (primary N) is 1. The number of hydrogen-bond donors (Lipinski definition) is 1. The smallest absolute Gasteiger partial charge is 0.343 e. The van der Waals surface area contributed by atoms with E-state index in [-0.39, 0.29) is 11.5 Å². The molecule has 0 spiro atoms. The van der Waals surface area contributed by atoms with Crippen LogP contribution in [0.3, 0.4) is 0 Å². The van der Waals surface area contributed by atoms with E-state index in [9.17, 15) is 10.1 Å². The Bertz CT molecular complexity index is 925. The van der Waals surface area contributed by atoms with Crippen molar-refractivity contribution >= 4 is 15.9 Å². The van der Waals surface area contributed by atoms with Gasteiger partial charge in [-0.3, -0.25) is 0 Å². The van der Waals surface area contributed by atoms with E-state index in [0.29, 0.717) is 23.5 Å². The standard InChI is InChI=1S/C18H15BrN2O3/c1-2-5-10-8-14-16(18(22)23-10)15(12(9-20)17(21)24-14)11-6-3-4-7-13(11)19/h3-4,6-8,15H,2,5,21H2,1H3. The van der Waals surface area contributed by atoms with Crippen LogP contribution in [0, 0.1) is 11.3 Å². The van der Waals surface area contributed by atoms with Crippen molar-refractivity contribution in [2.45, 2.75) is 25.7 Å². The Hall–Kier alpha value is -2.52. The Labute approximate surface area is 147 Å². The molecular formula is C18H15BrN2O3. The van der Waals surface area contributed by atoms with Gasteiger partial charge in [0.15, 0.2) is 0 Å². The highest BCUT2D eigenvalue weighted by Crippen LogP contribution is 2.42. The predicted octanol–water partition coefficient (Wildman–Crippen LogP) is 3.57. The van der Waals surface area contributed by atoms with Crippen molar-refractivity contribution in [1.29, 1.82) is 5.26 Å². The maximum absolute atomic E-state index is 12.6. The molecule has 1 aromatic carbocycles. The number of hydrogen-bond acceptors (Lipinski definition) is 5. The van der Waals surface area contributed by atoms with Crippen molar-refractivity contribution in [3.63, 3.8) is 0 Å². The number of benzene rings is 1. The maximum Gasteiger partial charge on any atom is 0.343 e. The van der Waals surface area contributed by atoms with E-state index in [1.165, 1.54) is 0 Å². The lowest BCUT2D eigenvalue weighted by Crippen LogP contribution is -2.26. The minimum absolute atomic E-state index is 0.0128. The van der Waals surface area contributed by atoms with Crippen molar-refractivity contribution in [3.8, 4) is 11.8 Å². The molecule has 2 aromatic rings. The van der Waals surface area contributed by atoms with Crippen LogP contribution in [0.1, 0.15) is 36.1 Å². The van der Waals surface area contributed by atoms with Crippen LogP contribution in [0.25, 0.3) is 0 Å². The first-order chi connectivity index (χ1) is 11.6. The minimum Gasteiger partial charge on any atom is -0.440 e. The molecule has 1 atom stereocenters. The predicted molar refractivity (Wildman–Crippen MR) is 92.4 cm³/mol. The van der Waals surface area contributed by atoms with Gasteiger partial charge in [0.25, 0.3) is 0 Å². The van der Waals surface area contributed by atoms with Gasteiger partial charge in [-0.25, -0.2) is 4.79 Å². The molecule has 0 radical (unpaired) electrons. The third-order valence-corrected chi connectivity index (χ3v) is 4.62. The molecule has 5 nitrogen and oxygen atoms in total. The monoisotopic (exact) mass is 386 g/mol. The summed E-state index contributed by atoms with van der Waals surface area (Å²) >= 11 is 3.48. The second-order valence-corrected chi connectivity index (χ2v) is 6.33. The number of allylic oxidation sites excluding steroid dienone is 1. The van der Waals surface area contributed by atoms with Crippen LogP contribution in [-0.2, 0) is 6.42 Å². The number of nitrogens with zero attached hydrogens (tertiary/aromatic N) is 1. The van der Waals surface area contributed by atoms with Gasteiger partial charge in [0.05, 0.1) is 11.5 Å². The molecule has 0 amide bonds. The van der Waals surface area contributed by atoms with E-state index in [1.54, 1.807) is 6.07 Å². The molecule has 0 bridgehead atoms. The van der Waals surface area contributed by atoms with Gasteiger partial charge in [-0.15, -0.1) is 0 Å². The summed E-state index contributed by atoms with van der Waals surface area (Å²) in [6, 6.07) is 11.1. The average molecular weight is 387 g/mol. The molecule has 24 heavy (non-hydrogen) atoms. The Balaban J connectivity index is 2.27. The first kappa shape index (κ1) is 16.3. The number of aryl methyl sites for hydroxylation is 1. The van der Waals surface area contributed by atoms with Crippen molar-refractivity contribution < 1.29 is 9.15 Å². The minimum atomic E-state index is -0.624. The van der Waals surface area contributed by atoms with E-state index in [1.807, 2.05) is 31.2 Å². The van der Waals surface area contributed by atoms with Gasteiger partial charge < -0.3 is 14.9 Å². The lowest BCUT2D eigenvalue weighted by molar-refractivity contribution is 0.367. The largest absolute Gasteiger partial charge is 0.440 e. The molecule has 0 fully saturated rings. The van der Waals surface area contributed by atoms with Crippen LogP contribution in [0.5, 0.6) is 5.75 Å². The summed E-state index contributed by atoms with van der Waals surface area (Å²) in [6.07, 6.45) is 1.46. The van der Waals surface area contributed by atoms with Crippen LogP contribution in [0.15, 0.2) is 55.5 Å². The Kier molecular flexibility index (Phi) is 4.45. The highest BCUT2D eigenvalue weighted by atomic mass is 79.9. The number of ether oxygens (including phenoxy) is 1. The summed E-state index contributed by atoms with van der Waals surface area (Å²) in [5, 5.41) is 9.52. The lowest BCUT2D eigenvalue weighted by Gasteiger charge is -2.26. The fourth-order valence-electron chi connectivity index (χ4n) is 2.84. The van der Waals surface area contributed by atoms with Crippen molar-refractivity contribution in [1.82, 2.24) is 0 Å². The molecule has 122 valence electrons. The molecule has 1 aliphatic heterocycles. The van der Waals surface area contributed by atoms with Gasteiger partial charge in [0.1, 0.15) is 23.2 Å². The summed E-state index contributed by atoms with van der Waals surface area (Å²) < 4.78 is 11.7. The van der Waals surface area contributed by atoms with Gasteiger partial charge in [0, 0.05) is 17.0 Å². The van der Waals surface area contributed by atoms with E-state index < -0.39 is 11.5 Å². The van der Waals surface area contributed by atoms with Crippen molar-refractivity contribution in [3.05, 3.63) is 73.6 Å². The van der Waals surface area contributed by atoms with Gasteiger partial charge in [0.2, 0.25) is 5.88 Å². The molecule has 0 aliphatic carbocycles. The topological polar surface area (TPSA) is 89.2 Å². The zero-order valence-corrected chi connectivity index (χ0v) is 14.6. The SMILES string of the molecule is CCCc1cc2c(c(=O)o1)C(c1ccccc1Br)C(C#N)=C(N)O2. The second kappa shape index (κ2) is 6.54. The molecule has 1 unspecified atom stereocenters. The summed E-state index contributed by atoms with van der Waals surface area (Å²) in [7, 11) is 0. The zero-order chi connectivity index (χ0) is 17.3. The van der Waals surface area contributed by atoms with E-state index in [2.05, 4.69) is 22.0 Å². The summed E-state index contributed by atoms with van der Waals surface area (Å²) in [5.41, 5.74) is 6.70. The first-order valence-electron chi connectivity index (χ1n) is 7.55. The van der Waals surface area contributed by atoms with E-state index in [0.717, 1.165) is 16.5 Å². The van der Waals surface area contributed by atoms with Crippen LogP contribution in [0.2, 0.25) is 0 Å². The molecule has 3 rings (SSSR count). The average Bonchev–Trinajstić information content (AvgIpc) is 2.54. The highest BCUT2D eigenvalue weighted by Gasteiger charge is 2.35. The summed E-state index contributed by atoms with van der Waals surface area (Å²) in [6.45, 7) is 1.99. The molecule has 1 aromatic heterocycles. The molecule has 1 aliphatic rings. The Morgan fingerprint density at radius 2 is 2.12 bits per heavy atom.